The maximum Gasteiger partial charge on any atom is 0.392 e. The van der Waals surface area contributed by atoms with Crippen LogP contribution in [0.25, 0.3) is 10.8 Å². The van der Waals surface area contributed by atoms with Gasteiger partial charge in [0.15, 0.2) is 0 Å². The first kappa shape index (κ1) is 11.3. The first-order valence-corrected chi connectivity index (χ1v) is 5.52. The van der Waals surface area contributed by atoms with Gasteiger partial charge in [-0.05, 0) is 12.5 Å². The summed E-state index contributed by atoms with van der Waals surface area (Å²) in [6, 6.07) is 6.59. The van der Waals surface area contributed by atoms with Crippen molar-refractivity contribution in [3.05, 3.63) is 40.3 Å². The van der Waals surface area contributed by atoms with Crippen molar-refractivity contribution in [1.82, 2.24) is 10.2 Å². The summed E-state index contributed by atoms with van der Waals surface area (Å²) >= 11 is 0. The van der Waals surface area contributed by atoms with Gasteiger partial charge in [-0.25, -0.2) is 5.10 Å². The summed E-state index contributed by atoms with van der Waals surface area (Å²) in [4.78, 5) is 11.5. The van der Waals surface area contributed by atoms with E-state index in [1.165, 1.54) is 0 Å². The van der Waals surface area contributed by atoms with Crippen LogP contribution in [0.1, 0.15) is 18.0 Å². The topological polar surface area (TPSA) is 45.8 Å². The molecule has 94 valence electrons. The van der Waals surface area contributed by atoms with Crippen molar-refractivity contribution < 1.29 is 13.2 Å². The molecule has 0 saturated heterocycles. The molecule has 1 saturated carbocycles. The molecular weight excluding hydrogens is 245 g/mol. The van der Waals surface area contributed by atoms with Gasteiger partial charge in [0.05, 0.1) is 17.0 Å². The van der Waals surface area contributed by atoms with Crippen LogP contribution in [0.4, 0.5) is 13.2 Å². The quantitative estimate of drug-likeness (QED) is 0.850. The van der Waals surface area contributed by atoms with Gasteiger partial charge in [-0.2, -0.15) is 18.3 Å². The molecule has 0 spiro atoms. The summed E-state index contributed by atoms with van der Waals surface area (Å²) in [6.07, 6.45) is -4.14. The molecule has 1 fully saturated rings. The zero-order valence-electron chi connectivity index (χ0n) is 9.16. The molecular formula is C12H9F3N2O. The number of rotatable bonds is 1. The van der Waals surface area contributed by atoms with Crippen molar-refractivity contribution in [2.75, 3.05) is 0 Å². The zero-order chi connectivity index (χ0) is 12.9. The van der Waals surface area contributed by atoms with Gasteiger partial charge in [-0.15, -0.1) is 0 Å². The molecule has 1 aromatic carbocycles. The highest BCUT2D eigenvalue weighted by Gasteiger charge is 2.57. The number of benzene rings is 1. The second-order valence-corrected chi connectivity index (χ2v) is 4.47. The number of fused-ring (bicyclic) bond motifs is 1. The van der Waals surface area contributed by atoms with Gasteiger partial charge in [0.25, 0.3) is 5.56 Å². The predicted octanol–water partition coefficient (Wildman–Crippen LogP) is 2.59. The van der Waals surface area contributed by atoms with Gasteiger partial charge in [-0.1, -0.05) is 18.2 Å². The van der Waals surface area contributed by atoms with Crippen LogP contribution >= 0.6 is 0 Å². The summed E-state index contributed by atoms with van der Waals surface area (Å²) in [5.41, 5.74) is -0.0360. The van der Waals surface area contributed by atoms with Crippen molar-refractivity contribution in [2.24, 2.45) is 5.92 Å². The molecule has 0 aliphatic heterocycles. The maximum atomic E-state index is 12.6. The molecule has 0 amide bonds. The van der Waals surface area contributed by atoms with Crippen LogP contribution in [-0.2, 0) is 0 Å². The third-order valence-corrected chi connectivity index (χ3v) is 3.29. The summed E-state index contributed by atoms with van der Waals surface area (Å²) in [7, 11) is 0. The molecule has 0 bridgehead atoms. The van der Waals surface area contributed by atoms with Gasteiger partial charge < -0.3 is 0 Å². The van der Waals surface area contributed by atoms with Gasteiger partial charge in [0.1, 0.15) is 0 Å². The average molecular weight is 254 g/mol. The van der Waals surface area contributed by atoms with Crippen LogP contribution in [0.5, 0.6) is 0 Å². The fourth-order valence-corrected chi connectivity index (χ4v) is 2.28. The molecule has 3 nitrogen and oxygen atoms in total. The lowest BCUT2D eigenvalue weighted by Crippen LogP contribution is -2.14. The van der Waals surface area contributed by atoms with E-state index in [0.29, 0.717) is 16.5 Å². The van der Waals surface area contributed by atoms with Gasteiger partial charge in [0, 0.05) is 11.3 Å². The lowest BCUT2D eigenvalue weighted by atomic mass is 10.1. The smallest absolute Gasteiger partial charge is 0.267 e. The molecule has 2 aromatic rings. The lowest BCUT2D eigenvalue weighted by molar-refractivity contribution is -0.148. The third-order valence-electron chi connectivity index (χ3n) is 3.29. The number of aromatic nitrogens is 2. The standard InChI is InChI=1S/C12H9F3N2O/c13-12(14,15)9-5-8(9)10-6-3-1-2-4-7(6)11(18)17-16-10/h1-4,8-9H,5H2,(H,17,18)/t8-,9-/m1/s1. The van der Waals surface area contributed by atoms with Crippen LogP contribution in [-0.4, -0.2) is 16.4 Å². The van der Waals surface area contributed by atoms with Crippen molar-refractivity contribution in [3.8, 4) is 0 Å². The summed E-state index contributed by atoms with van der Waals surface area (Å²) in [6.45, 7) is 0. The van der Waals surface area contributed by atoms with Crippen LogP contribution in [0.3, 0.4) is 0 Å². The molecule has 1 aliphatic rings. The van der Waals surface area contributed by atoms with E-state index in [1.54, 1.807) is 24.3 Å². The van der Waals surface area contributed by atoms with Gasteiger partial charge >= 0.3 is 6.18 Å². The molecule has 1 aromatic heterocycles. The van der Waals surface area contributed by atoms with E-state index in [2.05, 4.69) is 10.2 Å². The van der Waals surface area contributed by atoms with E-state index < -0.39 is 18.0 Å². The molecule has 18 heavy (non-hydrogen) atoms. The molecule has 1 heterocycles. The van der Waals surface area contributed by atoms with E-state index in [-0.39, 0.29) is 12.0 Å². The monoisotopic (exact) mass is 254 g/mol. The highest BCUT2D eigenvalue weighted by atomic mass is 19.4. The Morgan fingerprint density at radius 1 is 1.22 bits per heavy atom. The SMILES string of the molecule is O=c1[nH]nc([C@@H]2C[C@H]2C(F)(F)F)c2ccccc12. The van der Waals surface area contributed by atoms with Crippen molar-refractivity contribution >= 4 is 10.8 Å². The predicted molar refractivity (Wildman–Crippen MR) is 59.3 cm³/mol. The Kier molecular flexibility index (Phi) is 2.23. The summed E-state index contributed by atoms with van der Waals surface area (Å²) < 4.78 is 37.7. The zero-order valence-corrected chi connectivity index (χ0v) is 9.16. The number of halogens is 3. The van der Waals surface area contributed by atoms with Gasteiger partial charge in [0.2, 0.25) is 0 Å². The fraction of sp³-hybridized carbons (Fsp3) is 0.333. The number of nitrogens with one attached hydrogen (secondary N) is 1. The molecule has 0 radical (unpaired) electrons. The Balaban J connectivity index is 2.10. The minimum atomic E-state index is -4.19. The fourth-order valence-electron chi connectivity index (χ4n) is 2.28. The second-order valence-electron chi connectivity index (χ2n) is 4.47. The number of hydrogen-bond donors (Lipinski definition) is 1. The minimum absolute atomic E-state index is 0.0482. The number of aromatic amines is 1. The number of nitrogens with zero attached hydrogens (tertiary/aromatic N) is 1. The van der Waals surface area contributed by atoms with Crippen molar-refractivity contribution in [2.45, 2.75) is 18.5 Å². The molecule has 6 heteroatoms. The van der Waals surface area contributed by atoms with E-state index in [0.717, 1.165) is 0 Å². The second kappa shape index (κ2) is 3.57. The molecule has 2 atom stereocenters. The normalized spacial score (nSPS) is 23.3. The van der Waals surface area contributed by atoms with Crippen LogP contribution in [0, 0.1) is 5.92 Å². The van der Waals surface area contributed by atoms with E-state index in [4.69, 9.17) is 0 Å². The minimum Gasteiger partial charge on any atom is -0.267 e. The highest BCUT2D eigenvalue weighted by molar-refractivity contribution is 5.84. The lowest BCUT2D eigenvalue weighted by Gasteiger charge is -2.06. The summed E-state index contributed by atoms with van der Waals surface area (Å²) in [5, 5.41) is 6.95. The van der Waals surface area contributed by atoms with E-state index in [9.17, 15) is 18.0 Å². The maximum absolute atomic E-state index is 12.6. The van der Waals surface area contributed by atoms with Gasteiger partial charge in [-0.3, -0.25) is 4.79 Å². The first-order chi connectivity index (χ1) is 8.48. The Hall–Kier alpha value is -1.85. The Morgan fingerprint density at radius 2 is 1.89 bits per heavy atom. The largest absolute Gasteiger partial charge is 0.392 e. The molecule has 0 unspecified atom stereocenters. The van der Waals surface area contributed by atoms with Crippen LogP contribution in [0.2, 0.25) is 0 Å². The average Bonchev–Trinajstić information content (AvgIpc) is 3.09. The van der Waals surface area contributed by atoms with Crippen LogP contribution < -0.4 is 5.56 Å². The van der Waals surface area contributed by atoms with Crippen LogP contribution in [0.15, 0.2) is 29.1 Å². The molecule has 3 rings (SSSR count). The molecule has 1 N–H and O–H groups in total. The molecule has 1 aliphatic carbocycles. The Bertz CT molecular complexity index is 662. The van der Waals surface area contributed by atoms with E-state index >= 15 is 0 Å². The third kappa shape index (κ3) is 1.68. The Morgan fingerprint density at radius 3 is 2.50 bits per heavy atom. The van der Waals surface area contributed by atoms with Crippen molar-refractivity contribution in [1.29, 1.82) is 0 Å². The Labute approximate surface area is 99.6 Å². The number of hydrogen-bond acceptors (Lipinski definition) is 2. The van der Waals surface area contributed by atoms with Crippen molar-refractivity contribution in [3.63, 3.8) is 0 Å². The summed E-state index contributed by atoms with van der Waals surface area (Å²) in [5.74, 6) is -1.97. The first-order valence-electron chi connectivity index (χ1n) is 5.52. The number of H-pyrrole nitrogens is 1. The highest BCUT2D eigenvalue weighted by Crippen LogP contribution is 2.56. The number of alkyl halides is 3. The van der Waals surface area contributed by atoms with E-state index in [1.807, 2.05) is 0 Å².